The second kappa shape index (κ2) is 11.4. The summed E-state index contributed by atoms with van der Waals surface area (Å²) in [5.41, 5.74) is 11.3. The van der Waals surface area contributed by atoms with Gasteiger partial charge in [-0.15, -0.1) is 0 Å². The van der Waals surface area contributed by atoms with Gasteiger partial charge in [0, 0.05) is 42.7 Å². The van der Waals surface area contributed by atoms with Crippen LogP contribution in [-0.4, -0.2) is 37.7 Å². The van der Waals surface area contributed by atoms with Gasteiger partial charge >= 0.3 is 0 Å². The van der Waals surface area contributed by atoms with Crippen molar-refractivity contribution in [3.05, 3.63) is 64.1 Å². The maximum Gasteiger partial charge on any atom is 0.224 e. The number of rotatable bonds is 10. The fourth-order valence-electron chi connectivity index (χ4n) is 4.84. The molecule has 5 N–H and O–H groups in total. The third-order valence-electron chi connectivity index (χ3n) is 7.04. The Labute approximate surface area is 222 Å². The summed E-state index contributed by atoms with van der Waals surface area (Å²) in [5, 5.41) is 11.5. The van der Waals surface area contributed by atoms with Gasteiger partial charge in [0.2, 0.25) is 11.3 Å². The van der Waals surface area contributed by atoms with E-state index < -0.39 is 0 Å². The first-order chi connectivity index (χ1) is 18.3. The van der Waals surface area contributed by atoms with Gasteiger partial charge in [0.05, 0.1) is 17.5 Å². The largest absolute Gasteiger partial charge is 0.384 e. The molecule has 0 spiro atoms. The van der Waals surface area contributed by atoms with E-state index in [4.69, 9.17) is 16.1 Å². The number of nitrogens with one attached hydrogen (secondary N) is 3. The lowest BCUT2D eigenvalue weighted by atomic mass is 9.98. The van der Waals surface area contributed by atoms with Crippen molar-refractivity contribution < 1.29 is 4.79 Å². The van der Waals surface area contributed by atoms with Gasteiger partial charge in [-0.3, -0.25) is 9.59 Å². The van der Waals surface area contributed by atoms with E-state index in [1.165, 1.54) is 0 Å². The normalized spacial score (nSPS) is 12.0. The fourth-order valence-corrected chi connectivity index (χ4v) is 4.84. The third-order valence-corrected chi connectivity index (χ3v) is 7.04. The number of nitrogen functional groups attached to an aromatic ring is 1. The number of carbonyl (C=O) groups is 1. The predicted octanol–water partition coefficient (Wildman–Crippen LogP) is 4.48. The number of aryl methyl sites for hydroxylation is 2. The number of imidazole rings is 1. The van der Waals surface area contributed by atoms with Crippen molar-refractivity contribution in [3.8, 4) is 22.6 Å². The highest BCUT2D eigenvalue weighted by molar-refractivity contribution is 5.88. The number of carbonyl (C=O) groups excluding carboxylic acids is 1. The number of pyridine rings is 2. The molecule has 3 aromatic heterocycles. The van der Waals surface area contributed by atoms with Crippen LogP contribution in [0.3, 0.4) is 0 Å². The molecule has 198 valence electrons. The summed E-state index contributed by atoms with van der Waals surface area (Å²) >= 11 is 0. The molecule has 9 heteroatoms. The Morgan fingerprint density at radius 2 is 2.00 bits per heavy atom. The molecule has 1 unspecified atom stereocenters. The van der Waals surface area contributed by atoms with Crippen molar-refractivity contribution in [1.82, 2.24) is 24.8 Å². The summed E-state index contributed by atoms with van der Waals surface area (Å²) in [6.07, 6.45) is 5.05. The second-order valence-electron chi connectivity index (χ2n) is 9.45. The lowest BCUT2D eigenvalue weighted by Gasteiger charge is -2.17. The maximum atomic E-state index is 13.3. The molecule has 1 aromatic carbocycles. The Hall–Kier alpha value is -4.27. The zero-order valence-electron chi connectivity index (χ0n) is 22.4. The number of hydrogen-bond donors (Lipinski definition) is 4. The zero-order valence-corrected chi connectivity index (χ0v) is 22.4. The van der Waals surface area contributed by atoms with E-state index in [0.717, 1.165) is 28.8 Å². The molecule has 0 saturated heterocycles. The van der Waals surface area contributed by atoms with Crippen molar-refractivity contribution in [2.45, 2.75) is 53.5 Å². The molecule has 9 nitrogen and oxygen atoms in total. The van der Waals surface area contributed by atoms with E-state index in [-0.39, 0.29) is 23.7 Å². The Morgan fingerprint density at radius 1 is 1.21 bits per heavy atom. The van der Waals surface area contributed by atoms with Gasteiger partial charge in [-0.05, 0) is 49.9 Å². The molecule has 0 bridgehead atoms. The van der Waals surface area contributed by atoms with E-state index in [0.29, 0.717) is 53.5 Å². The van der Waals surface area contributed by atoms with Crippen LogP contribution in [0.2, 0.25) is 0 Å². The molecule has 0 aliphatic carbocycles. The molecule has 4 rings (SSSR count). The highest BCUT2D eigenvalue weighted by Gasteiger charge is 2.19. The number of fused-ring (bicyclic) bond motifs is 1. The number of nitrogens with two attached hydrogens (primary N) is 1. The van der Waals surface area contributed by atoms with E-state index >= 15 is 0 Å². The third kappa shape index (κ3) is 5.22. The van der Waals surface area contributed by atoms with Gasteiger partial charge in [0.25, 0.3) is 0 Å². The Balaban J connectivity index is 1.61. The zero-order chi connectivity index (χ0) is 27.4. The van der Waals surface area contributed by atoms with E-state index in [1.807, 2.05) is 56.5 Å². The van der Waals surface area contributed by atoms with Crippen molar-refractivity contribution in [2.24, 2.45) is 5.92 Å². The summed E-state index contributed by atoms with van der Waals surface area (Å²) < 4.78 is 1.83. The molecule has 1 amide bonds. The van der Waals surface area contributed by atoms with Crippen LogP contribution in [0.1, 0.15) is 44.7 Å². The van der Waals surface area contributed by atoms with Crippen LogP contribution in [0, 0.1) is 18.3 Å². The number of anilines is 1. The summed E-state index contributed by atoms with van der Waals surface area (Å²) in [6.45, 7) is 8.98. The first-order valence-corrected chi connectivity index (χ1v) is 13.1. The molecule has 4 aromatic rings. The lowest BCUT2D eigenvalue weighted by molar-refractivity contribution is -0.120. The number of aromatic nitrogens is 4. The van der Waals surface area contributed by atoms with Crippen molar-refractivity contribution in [2.75, 3.05) is 12.3 Å². The van der Waals surface area contributed by atoms with Gasteiger partial charge in [0.1, 0.15) is 22.9 Å². The van der Waals surface area contributed by atoms with E-state index in [9.17, 15) is 9.59 Å². The number of benzene rings is 1. The van der Waals surface area contributed by atoms with Crippen molar-refractivity contribution >= 4 is 28.5 Å². The minimum absolute atomic E-state index is 0.0573. The molecule has 0 fully saturated rings. The van der Waals surface area contributed by atoms with Gasteiger partial charge < -0.3 is 26.0 Å². The highest BCUT2D eigenvalue weighted by atomic mass is 16.1. The highest BCUT2D eigenvalue weighted by Crippen LogP contribution is 2.28. The number of aromatic amines is 1. The molecule has 0 saturated carbocycles. The van der Waals surface area contributed by atoms with Crippen LogP contribution in [-0.2, 0) is 17.8 Å². The maximum absolute atomic E-state index is 13.3. The smallest absolute Gasteiger partial charge is 0.224 e. The van der Waals surface area contributed by atoms with Gasteiger partial charge in [-0.2, -0.15) is 0 Å². The lowest BCUT2D eigenvalue weighted by Crippen LogP contribution is -2.33. The minimum atomic E-state index is -0.214. The summed E-state index contributed by atoms with van der Waals surface area (Å²) in [7, 11) is 0. The molecular weight excluding hydrogens is 478 g/mol. The number of hydrogen-bond acceptors (Lipinski definition) is 6. The van der Waals surface area contributed by atoms with Crippen LogP contribution in [0.4, 0.5) is 5.82 Å². The van der Waals surface area contributed by atoms with E-state index in [2.05, 4.69) is 15.3 Å². The quantitative estimate of drug-likeness (QED) is 0.231. The summed E-state index contributed by atoms with van der Waals surface area (Å²) in [4.78, 5) is 37.9. The number of H-pyrrole nitrogens is 1. The minimum Gasteiger partial charge on any atom is -0.384 e. The first kappa shape index (κ1) is 26.8. The summed E-state index contributed by atoms with van der Waals surface area (Å²) in [6, 6.07) is 9.52. The van der Waals surface area contributed by atoms with Gasteiger partial charge in [-0.25, -0.2) is 9.97 Å². The molecule has 0 aliphatic heterocycles. The molecule has 38 heavy (non-hydrogen) atoms. The molecule has 0 radical (unpaired) electrons. The standard InChI is InChI=1S/C29H35N7O2/c1-5-19(22(30)6-2)16-34-24(37)15-18-8-9-20(17(4)14-18)23-11-10-21-26(38)25(28-32-12-13-33-28)27(31)36(7-3)29(21)35-23/h8-14,19,30H,5-7,15-16,31H2,1-4H3,(H,32,33)(H,34,37). The number of nitrogens with zero attached hydrogens (tertiary/aromatic N) is 3. The Bertz CT molecular complexity index is 1540. The van der Waals surface area contributed by atoms with Crippen molar-refractivity contribution in [1.29, 1.82) is 5.41 Å². The van der Waals surface area contributed by atoms with Crippen LogP contribution >= 0.6 is 0 Å². The molecule has 1 atom stereocenters. The average Bonchev–Trinajstić information content (AvgIpc) is 3.43. The van der Waals surface area contributed by atoms with Crippen molar-refractivity contribution in [3.63, 3.8) is 0 Å². The summed E-state index contributed by atoms with van der Waals surface area (Å²) in [5.74, 6) is 0.780. The topological polar surface area (TPSA) is 143 Å². The van der Waals surface area contributed by atoms with Crippen LogP contribution in [0.5, 0.6) is 0 Å². The van der Waals surface area contributed by atoms with Crippen LogP contribution in [0.25, 0.3) is 33.7 Å². The average molecular weight is 514 g/mol. The first-order valence-electron chi connectivity index (χ1n) is 13.1. The molecule has 3 heterocycles. The number of amides is 1. The Kier molecular flexibility index (Phi) is 8.05. The van der Waals surface area contributed by atoms with Gasteiger partial charge in [-0.1, -0.05) is 32.0 Å². The van der Waals surface area contributed by atoms with Crippen LogP contribution < -0.4 is 16.5 Å². The second-order valence-corrected chi connectivity index (χ2v) is 9.45. The monoisotopic (exact) mass is 513 g/mol. The van der Waals surface area contributed by atoms with E-state index in [1.54, 1.807) is 18.5 Å². The SMILES string of the molecule is CCC(=N)C(CC)CNC(=O)Cc1ccc(-c2ccc3c(=O)c(-c4ncc[nH]4)c(N)n(CC)c3n2)c(C)c1. The predicted molar refractivity (Wildman–Crippen MR) is 152 cm³/mol. The Morgan fingerprint density at radius 3 is 2.63 bits per heavy atom. The molecular formula is C29H35N7O2. The van der Waals surface area contributed by atoms with Gasteiger partial charge in [0.15, 0.2) is 0 Å². The molecule has 0 aliphatic rings. The fraction of sp³-hybridized carbons (Fsp3) is 0.345. The van der Waals surface area contributed by atoms with Crippen LogP contribution in [0.15, 0.2) is 47.5 Å².